The molecular formula is C38H22O. The lowest BCUT2D eigenvalue weighted by Crippen LogP contribution is -1.85. The third-order valence-electron chi connectivity index (χ3n) is 8.44. The number of benzene rings is 7. The third kappa shape index (κ3) is 2.90. The molecule has 8 aromatic rings. The van der Waals surface area contributed by atoms with Crippen molar-refractivity contribution in [3.8, 4) is 44.5 Å². The topological polar surface area (TPSA) is 13.1 Å². The Morgan fingerprint density at radius 2 is 1.05 bits per heavy atom. The molecule has 0 spiro atoms. The molecule has 9 rings (SSSR count). The van der Waals surface area contributed by atoms with Crippen molar-refractivity contribution >= 4 is 43.5 Å². The largest absolute Gasteiger partial charge is 0.456 e. The van der Waals surface area contributed by atoms with Crippen LogP contribution in [0.5, 0.6) is 0 Å². The molecule has 0 aliphatic heterocycles. The van der Waals surface area contributed by atoms with Gasteiger partial charge in [0.05, 0.1) is 0 Å². The Bertz CT molecular complexity index is 2260. The first kappa shape index (κ1) is 20.9. The SMILES string of the molecule is c1ccc2c3c(ccc2c1)-c1cccc2c(-c4ccc(-c5ccc6oc7ccccc7c6c5)cc4)ccc-3c12. The van der Waals surface area contributed by atoms with Crippen LogP contribution in [0.3, 0.4) is 0 Å². The fraction of sp³-hybridized carbons (Fsp3) is 0. The van der Waals surface area contributed by atoms with Crippen molar-refractivity contribution in [2.45, 2.75) is 0 Å². The zero-order chi connectivity index (χ0) is 25.5. The highest BCUT2D eigenvalue weighted by molar-refractivity contribution is 6.23. The summed E-state index contributed by atoms with van der Waals surface area (Å²) < 4.78 is 6.03. The van der Waals surface area contributed by atoms with Gasteiger partial charge in [-0.25, -0.2) is 0 Å². The summed E-state index contributed by atoms with van der Waals surface area (Å²) in [6, 6.07) is 48.4. The first-order valence-electron chi connectivity index (χ1n) is 13.4. The lowest BCUT2D eigenvalue weighted by Gasteiger charge is -2.11. The van der Waals surface area contributed by atoms with Crippen LogP contribution in [-0.4, -0.2) is 0 Å². The van der Waals surface area contributed by atoms with Crippen molar-refractivity contribution in [1.82, 2.24) is 0 Å². The van der Waals surface area contributed by atoms with Gasteiger partial charge in [-0.3, -0.25) is 0 Å². The summed E-state index contributed by atoms with van der Waals surface area (Å²) in [4.78, 5) is 0. The number of rotatable bonds is 2. The van der Waals surface area contributed by atoms with Gasteiger partial charge in [-0.2, -0.15) is 0 Å². The Balaban J connectivity index is 1.17. The van der Waals surface area contributed by atoms with Gasteiger partial charge in [0.1, 0.15) is 11.2 Å². The van der Waals surface area contributed by atoms with Crippen LogP contribution in [0.4, 0.5) is 0 Å². The monoisotopic (exact) mass is 494 g/mol. The predicted molar refractivity (Wildman–Crippen MR) is 164 cm³/mol. The van der Waals surface area contributed by atoms with Crippen molar-refractivity contribution in [2.75, 3.05) is 0 Å². The molecular weight excluding hydrogens is 472 g/mol. The highest BCUT2D eigenvalue weighted by atomic mass is 16.3. The molecule has 1 heterocycles. The van der Waals surface area contributed by atoms with Crippen LogP contribution in [0.2, 0.25) is 0 Å². The number of fused-ring (bicyclic) bond motifs is 8. The van der Waals surface area contributed by atoms with Gasteiger partial charge >= 0.3 is 0 Å². The van der Waals surface area contributed by atoms with E-state index < -0.39 is 0 Å². The van der Waals surface area contributed by atoms with E-state index in [2.05, 4.69) is 121 Å². The van der Waals surface area contributed by atoms with Gasteiger partial charge in [-0.1, -0.05) is 115 Å². The Hall–Kier alpha value is -5.14. The van der Waals surface area contributed by atoms with Crippen molar-refractivity contribution in [2.24, 2.45) is 0 Å². The lowest BCUT2D eigenvalue weighted by atomic mass is 9.92. The summed E-state index contributed by atoms with van der Waals surface area (Å²) >= 11 is 0. The molecule has 0 radical (unpaired) electrons. The second-order valence-corrected chi connectivity index (χ2v) is 10.5. The van der Waals surface area contributed by atoms with Crippen LogP contribution in [0.1, 0.15) is 0 Å². The van der Waals surface area contributed by atoms with E-state index in [1.165, 1.54) is 66.1 Å². The van der Waals surface area contributed by atoms with E-state index in [1.54, 1.807) is 0 Å². The van der Waals surface area contributed by atoms with Crippen molar-refractivity contribution in [3.63, 3.8) is 0 Å². The third-order valence-corrected chi connectivity index (χ3v) is 8.44. The average Bonchev–Trinajstić information content (AvgIpc) is 3.54. The second kappa shape index (κ2) is 7.69. The lowest BCUT2D eigenvalue weighted by molar-refractivity contribution is 0.669. The van der Waals surface area contributed by atoms with Gasteiger partial charge in [-0.05, 0) is 84.3 Å². The predicted octanol–water partition coefficient (Wildman–Crippen LogP) is 10.9. The molecule has 1 heteroatoms. The van der Waals surface area contributed by atoms with Crippen molar-refractivity contribution < 1.29 is 4.42 Å². The number of furan rings is 1. The zero-order valence-corrected chi connectivity index (χ0v) is 21.1. The van der Waals surface area contributed by atoms with E-state index in [-0.39, 0.29) is 0 Å². The first-order valence-corrected chi connectivity index (χ1v) is 13.4. The molecule has 0 saturated heterocycles. The van der Waals surface area contributed by atoms with Gasteiger partial charge in [0.15, 0.2) is 0 Å². The molecule has 1 aromatic heterocycles. The van der Waals surface area contributed by atoms with E-state index in [4.69, 9.17) is 4.42 Å². The molecule has 1 nitrogen and oxygen atoms in total. The van der Waals surface area contributed by atoms with Crippen LogP contribution in [0.15, 0.2) is 138 Å². The number of hydrogen-bond acceptors (Lipinski definition) is 1. The first-order chi connectivity index (χ1) is 19.3. The van der Waals surface area contributed by atoms with E-state index in [0.29, 0.717) is 0 Å². The smallest absolute Gasteiger partial charge is 0.135 e. The Morgan fingerprint density at radius 1 is 0.359 bits per heavy atom. The van der Waals surface area contributed by atoms with Crippen LogP contribution >= 0.6 is 0 Å². The number of hydrogen-bond donors (Lipinski definition) is 0. The highest BCUT2D eigenvalue weighted by Crippen LogP contribution is 2.51. The van der Waals surface area contributed by atoms with Crippen molar-refractivity contribution in [3.05, 3.63) is 133 Å². The maximum absolute atomic E-state index is 6.03. The summed E-state index contributed by atoms with van der Waals surface area (Å²) in [6.45, 7) is 0. The van der Waals surface area contributed by atoms with Gasteiger partial charge in [0.2, 0.25) is 0 Å². The fourth-order valence-corrected chi connectivity index (χ4v) is 6.63. The highest BCUT2D eigenvalue weighted by Gasteiger charge is 2.24. The summed E-state index contributed by atoms with van der Waals surface area (Å²) in [5.74, 6) is 0. The molecule has 1 aliphatic rings. The van der Waals surface area contributed by atoms with Crippen molar-refractivity contribution in [1.29, 1.82) is 0 Å². The van der Waals surface area contributed by atoms with Crippen LogP contribution in [0.25, 0.3) is 88.0 Å². The standard InChI is InChI=1S/C38H22O/c1-2-7-28-24(6-1)16-18-32-31-10-5-9-30-27(19-20-33(37(28)32)38(30)31)25-14-12-23(13-15-25)26-17-21-36-34(22-26)29-8-3-4-11-35(29)39-36/h1-22H. The van der Waals surface area contributed by atoms with E-state index >= 15 is 0 Å². The summed E-state index contributed by atoms with van der Waals surface area (Å²) in [6.07, 6.45) is 0. The molecule has 1 aliphatic carbocycles. The molecule has 0 amide bonds. The summed E-state index contributed by atoms with van der Waals surface area (Å²) in [5, 5.41) is 7.61. The van der Waals surface area contributed by atoms with E-state index in [0.717, 1.165) is 21.9 Å². The van der Waals surface area contributed by atoms with Gasteiger partial charge < -0.3 is 4.42 Å². The Labute approximate surface area is 225 Å². The Morgan fingerprint density at radius 3 is 1.97 bits per heavy atom. The van der Waals surface area contributed by atoms with E-state index in [9.17, 15) is 0 Å². The molecule has 0 bridgehead atoms. The minimum atomic E-state index is 0.929. The zero-order valence-electron chi connectivity index (χ0n) is 21.1. The van der Waals surface area contributed by atoms with Crippen LogP contribution < -0.4 is 0 Å². The molecule has 0 atom stereocenters. The molecule has 0 fully saturated rings. The maximum atomic E-state index is 6.03. The molecule has 0 unspecified atom stereocenters. The summed E-state index contributed by atoms with van der Waals surface area (Å²) in [7, 11) is 0. The molecule has 0 N–H and O–H groups in total. The Kier molecular flexibility index (Phi) is 4.11. The summed E-state index contributed by atoms with van der Waals surface area (Å²) in [5.41, 5.74) is 12.1. The fourth-order valence-electron chi connectivity index (χ4n) is 6.63. The molecule has 7 aromatic carbocycles. The van der Waals surface area contributed by atoms with Gasteiger partial charge in [0.25, 0.3) is 0 Å². The second-order valence-electron chi connectivity index (χ2n) is 10.5. The quantitative estimate of drug-likeness (QED) is 0.233. The minimum absolute atomic E-state index is 0.929. The normalized spacial score (nSPS) is 12.1. The average molecular weight is 495 g/mol. The molecule has 39 heavy (non-hydrogen) atoms. The maximum Gasteiger partial charge on any atom is 0.135 e. The molecule has 180 valence electrons. The van der Waals surface area contributed by atoms with E-state index in [1.807, 2.05) is 12.1 Å². The minimum Gasteiger partial charge on any atom is -0.456 e. The van der Waals surface area contributed by atoms with Crippen LogP contribution in [0, 0.1) is 0 Å². The van der Waals surface area contributed by atoms with Gasteiger partial charge in [-0.15, -0.1) is 0 Å². The number of para-hydroxylation sites is 1. The molecule has 0 saturated carbocycles. The van der Waals surface area contributed by atoms with Crippen LogP contribution in [-0.2, 0) is 0 Å². The van der Waals surface area contributed by atoms with Gasteiger partial charge in [0, 0.05) is 10.8 Å².